The van der Waals surface area contributed by atoms with E-state index in [1.807, 2.05) is 4.57 Å². The van der Waals surface area contributed by atoms with E-state index >= 15 is 0 Å². The molecule has 19 heavy (non-hydrogen) atoms. The monoisotopic (exact) mass is 304 g/mol. The van der Waals surface area contributed by atoms with Gasteiger partial charge in [-0.25, -0.2) is 0 Å². The van der Waals surface area contributed by atoms with E-state index in [-0.39, 0.29) is 12.5 Å². The summed E-state index contributed by atoms with van der Waals surface area (Å²) in [5, 5.41) is 12.1. The largest absolute Gasteiger partial charge is 0.396 e. The number of aliphatic hydroxyl groups excluding tert-OH is 1. The number of nitrogens with zero attached hydrogens (tertiary/aromatic N) is 1. The second-order valence-corrected chi connectivity index (χ2v) is 5.84. The Morgan fingerprint density at radius 2 is 2.32 bits per heavy atom. The van der Waals surface area contributed by atoms with Crippen molar-refractivity contribution in [3.8, 4) is 0 Å². The van der Waals surface area contributed by atoms with Crippen molar-refractivity contribution in [3.63, 3.8) is 0 Å². The molecule has 1 aromatic heterocycles. The molecule has 0 spiro atoms. The van der Waals surface area contributed by atoms with Gasteiger partial charge < -0.3 is 15.0 Å². The van der Waals surface area contributed by atoms with E-state index in [9.17, 15) is 4.79 Å². The molecule has 0 saturated heterocycles. The summed E-state index contributed by atoms with van der Waals surface area (Å²) in [6.45, 7) is 3.71. The Hall–Kier alpha value is -0.650. The first-order valence-corrected chi connectivity index (χ1v) is 8.04. The van der Waals surface area contributed by atoms with Gasteiger partial charge in [0.05, 0.1) is 5.02 Å². The van der Waals surface area contributed by atoms with Crippen LogP contribution in [0.25, 0.3) is 0 Å². The number of aliphatic hydroxyl groups is 1. The highest BCUT2D eigenvalue weighted by Gasteiger charge is 2.12. The highest BCUT2D eigenvalue weighted by molar-refractivity contribution is 7.99. The highest BCUT2D eigenvalue weighted by Crippen LogP contribution is 2.14. The summed E-state index contributed by atoms with van der Waals surface area (Å²) in [6, 6.07) is 1.70. The minimum atomic E-state index is -0.0805. The first kappa shape index (κ1) is 16.4. The molecule has 6 heteroatoms. The van der Waals surface area contributed by atoms with Crippen molar-refractivity contribution in [3.05, 3.63) is 23.0 Å². The lowest BCUT2D eigenvalue weighted by atomic mass is 10.4. The molecular formula is C13H21ClN2O2S. The van der Waals surface area contributed by atoms with Gasteiger partial charge in [0.2, 0.25) is 0 Å². The third-order valence-electron chi connectivity index (χ3n) is 2.54. The van der Waals surface area contributed by atoms with Crippen LogP contribution in [0.3, 0.4) is 0 Å². The first-order chi connectivity index (χ1) is 9.19. The van der Waals surface area contributed by atoms with Crippen molar-refractivity contribution in [2.75, 3.05) is 24.7 Å². The predicted octanol–water partition coefficient (Wildman–Crippen LogP) is 2.40. The van der Waals surface area contributed by atoms with Crippen molar-refractivity contribution >= 4 is 29.3 Å². The minimum absolute atomic E-state index is 0.0805. The van der Waals surface area contributed by atoms with Crippen molar-refractivity contribution in [1.29, 1.82) is 0 Å². The van der Waals surface area contributed by atoms with E-state index in [0.29, 0.717) is 17.3 Å². The van der Waals surface area contributed by atoms with Crippen LogP contribution in [0.15, 0.2) is 12.3 Å². The molecule has 0 atom stereocenters. The van der Waals surface area contributed by atoms with Crippen LogP contribution in [0.5, 0.6) is 0 Å². The third kappa shape index (κ3) is 5.89. The number of aryl methyl sites for hydroxylation is 1. The van der Waals surface area contributed by atoms with E-state index in [4.69, 9.17) is 16.7 Å². The van der Waals surface area contributed by atoms with Crippen LogP contribution in [0, 0.1) is 0 Å². The van der Waals surface area contributed by atoms with Crippen molar-refractivity contribution in [2.24, 2.45) is 0 Å². The van der Waals surface area contributed by atoms with Crippen molar-refractivity contribution < 1.29 is 9.90 Å². The average molecular weight is 305 g/mol. The Balaban J connectivity index is 2.36. The van der Waals surface area contributed by atoms with Gasteiger partial charge in [-0.15, -0.1) is 0 Å². The van der Waals surface area contributed by atoms with Gasteiger partial charge in [0, 0.05) is 31.6 Å². The topological polar surface area (TPSA) is 54.3 Å². The minimum Gasteiger partial charge on any atom is -0.396 e. The van der Waals surface area contributed by atoms with Crippen LogP contribution in [-0.2, 0) is 6.54 Å². The molecule has 1 aromatic rings. The molecule has 0 aliphatic heterocycles. The molecular weight excluding hydrogens is 284 g/mol. The van der Waals surface area contributed by atoms with Crippen molar-refractivity contribution in [2.45, 2.75) is 26.3 Å². The van der Waals surface area contributed by atoms with Crippen LogP contribution in [-0.4, -0.2) is 40.2 Å². The van der Waals surface area contributed by atoms with Crippen LogP contribution in [0.4, 0.5) is 0 Å². The lowest BCUT2D eigenvalue weighted by molar-refractivity contribution is 0.0947. The van der Waals surface area contributed by atoms with Gasteiger partial charge in [-0.1, -0.05) is 18.5 Å². The number of carbonyl (C=O) groups is 1. The van der Waals surface area contributed by atoms with E-state index in [1.54, 1.807) is 24.0 Å². The van der Waals surface area contributed by atoms with Crippen LogP contribution < -0.4 is 5.32 Å². The van der Waals surface area contributed by atoms with E-state index in [1.165, 1.54) is 0 Å². The van der Waals surface area contributed by atoms with Gasteiger partial charge in [-0.2, -0.15) is 11.8 Å². The Labute approximate surface area is 123 Å². The quantitative estimate of drug-likeness (QED) is 0.689. The highest BCUT2D eigenvalue weighted by atomic mass is 35.5. The molecule has 0 fully saturated rings. The standard InChI is InChI=1S/C13H21ClN2O2S/c1-2-5-16-10-11(14)9-12(16)13(18)15-4-8-19-7-3-6-17/h9-10,17H,2-8H2,1H3,(H,15,18). The lowest BCUT2D eigenvalue weighted by Gasteiger charge is -2.08. The average Bonchev–Trinajstić information content (AvgIpc) is 2.75. The molecule has 0 unspecified atom stereocenters. The molecule has 4 nitrogen and oxygen atoms in total. The SMILES string of the molecule is CCCn1cc(Cl)cc1C(=O)NCCSCCCO. The summed E-state index contributed by atoms with van der Waals surface area (Å²) < 4.78 is 1.89. The Kier molecular flexibility index (Phi) is 8.02. The Morgan fingerprint density at radius 1 is 1.53 bits per heavy atom. The van der Waals surface area contributed by atoms with Crippen LogP contribution in [0.1, 0.15) is 30.3 Å². The fourth-order valence-electron chi connectivity index (χ4n) is 1.69. The fraction of sp³-hybridized carbons (Fsp3) is 0.615. The maximum Gasteiger partial charge on any atom is 0.267 e. The summed E-state index contributed by atoms with van der Waals surface area (Å²) in [5.41, 5.74) is 0.618. The Morgan fingerprint density at radius 3 is 3.00 bits per heavy atom. The number of rotatable bonds is 9. The predicted molar refractivity (Wildman–Crippen MR) is 81.1 cm³/mol. The second kappa shape index (κ2) is 9.28. The molecule has 0 radical (unpaired) electrons. The van der Waals surface area contributed by atoms with Crippen molar-refractivity contribution in [1.82, 2.24) is 9.88 Å². The zero-order valence-electron chi connectivity index (χ0n) is 11.2. The summed E-state index contributed by atoms with van der Waals surface area (Å²) in [7, 11) is 0. The van der Waals surface area contributed by atoms with E-state index in [2.05, 4.69) is 12.2 Å². The van der Waals surface area contributed by atoms with Crippen LogP contribution in [0.2, 0.25) is 5.02 Å². The molecule has 0 aliphatic carbocycles. The maximum absolute atomic E-state index is 12.0. The van der Waals surface area contributed by atoms with Crippen LogP contribution >= 0.6 is 23.4 Å². The lowest BCUT2D eigenvalue weighted by Crippen LogP contribution is -2.28. The van der Waals surface area contributed by atoms with Gasteiger partial charge in [0.25, 0.3) is 5.91 Å². The first-order valence-electron chi connectivity index (χ1n) is 6.51. The number of hydrogen-bond donors (Lipinski definition) is 2. The normalized spacial score (nSPS) is 10.7. The van der Waals surface area contributed by atoms with Gasteiger partial charge in [0.15, 0.2) is 0 Å². The molecule has 0 saturated carbocycles. The number of aromatic nitrogens is 1. The number of hydrogen-bond acceptors (Lipinski definition) is 3. The molecule has 0 aliphatic rings. The number of carbonyl (C=O) groups excluding carboxylic acids is 1. The number of amides is 1. The molecule has 2 N–H and O–H groups in total. The smallest absolute Gasteiger partial charge is 0.267 e. The molecule has 0 aromatic carbocycles. The summed E-state index contributed by atoms with van der Waals surface area (Å²) in [6.07, 6.45) is 3.55. The third-order valence-corrected chi connectivity index (χ3v) is 3.82. The summed E-state index contributed by atoms with van der Waals surface area (Å²) >= 11 is 7.66. The molecule has 1 rings (SSSR count). The fourth-order valence-corrected chi connectivity index (χ4v) is 2.69. The number of thioether (sulfide) groups is 1. The zero-order chi connectivity index (χ0) is 14.1. The molecule has 1 amide bonds. The molecule has 108 valence electrons. The summed E-state index contributed by atoms with van der Waals surface area (Å²) in [5.74, 6) is 1.70. The van der Waals surface area contributed by atoms with Gasteiger partial charge in [0.1, 0.15) is 5.69 Å². The van der Waals surface area contributed by atoms with E-state index < -0.39 is 0 Å². The van der Waals surface area contributed by atoms with Gasteiger partial charge >= 0.3 is 0 Å². The Bertz CT molecular complexity index is 396. The number of halogens is 1. The molecule has 1 heterocycles. The molecule has 0 bridgehead atoms. The summed E-state index contributed by atoms with van der Waals surface area (Å²) in [4.78, 5) is 12.0. The van der Waals surface area contributed by atoms with E-state index in [0.717, 1.165) is 30.9 Å². The number of nitrogens with one attached hydrogen (secondary N) is 1. The van der Waals surface area contributed by atoms with Gasteiger partial charge in [-0.3, -0.25) is 4.79 Å². The zero-order valence-corrected chi connectivity index (χ0v) is 12.8. The second-order valence-electron chi connectivity index (χ2n) is 4.18. The van der Waals surface area contributed by atoms with Gasteiger partial charge in [-0.05, 0) is 24.7 Å². The maximum atomic E-state index is 12.0.